The Labute approximate surface area is 207 Å². The maximum absolute atomic E-state index is 13.6. The normalized spacial score (nSPS) is 17.3. The Bertz CT molecular complexity index is 901. The van der Waals surface area contributed by atoms with Crippen LogP contribution in [0.5, 0.6) is 0 Å². The van der Waals surface area contributed by atoms with Crippen molar-refractivity contribution in [2.24, 2.45) is 5.92 Å². The van der Waals surface area contributed by atoms with Crippen LogP contribution in [0, 0.1) is 5.92 Å². The third kappa shape index (κ3) is 7.70. The van der Waals surface area contributed by atoms with Crippen molar-refractivity contribution in [2.75, 3.05) is 13.1 Å². The lowest BCUT2D eigenvalue weighted by molar-refractivity contribution is -0.142. The van der Waals surface area contributed by atoms with Crippen molar-refractivity contribution in [3.8, 4) is 0 Å². The van der Waals surface area contributed by atoms with Gasteiger partial charge in [0.2, 0.25) is 11.8 Å². The van der Waals surface area contributed by atoms with Gasteiger partial charge in [0.15, 0.2) is 0 Å². The molecule has 1 aromatic carbocycles. The van der Waals surface area contributed by atoms with Gasteiger partial charge in [-0.3, -0.25) is 9.59 Å². The summed E-state index contributed by atoms with van der Waals surface area (Å²) in [5.41, 5.74) is -0.746. The SMILES string of the molecule is CC(C)C[C@@H](NC(=O)[C@H](C)NC(=O)C1(c2ccccc2)CCN(C(=O)OC(C)(C)C)CC1)C(=O)O. The van der Waals surface area contributed by atoms with Crippen LogP contribution in [0.15, 0.2) is 30.3 Å². The fourth-order valence-corrected chi connectivity index (χ4v) is 4.19. The lowest BCUT2D eigenvalue weighted by Gasteiger charge is -2.41. The molecule has 35 heavy (non-hydrogen) atoms. The van der Waals surface area contributed by atoms with Gasteiger partial charge in [0.25, 0.3) is 0 Å². The van der Waals surface area contributed by atoms with Crippen LogP contribution in [0.3, 0.4) is 0 Å². The molecule has 0 bridgehead atoms. The van der Waals surface area contributed by atoms with Crippen LogP contribution in [0.25, 0.3) is 0 Å². The maximum Gasteiger partial charge on any atom is 0.410 e. The van der Waals surface area contributed by atoms with E-state index in [0.29, 0.717) is 25.9 Å². The van der Waals surface area contributed by atoms with Crippen molar-refractivity contribution in [3.63, 3.8) is 0 Å². The number of aliphatic carboxylic acids is 1. The van der Waals surface area contributed by atoms with Crippen molar-refractivity contribution in [1.82, 2.24) is 15.5 Å². The standard InChI is InChI=1S/C26H39N3O6/c1-17(2)16-20(22(31)32)28-21(30)18(3)27-23(33)26(19-10-8-7-9-11-19)12-14-29(15-13-26)24(34)35-25(4,5)6/h7-11,17-18,20H,12-16H2,1-6H3,(H,27,33)(H,28,30)(H,31,32)/t18-,20+/m0/s1. The second-order valence-electron chi connectivity index (χ2n) is 10.6. The summed E-state index contributed by atoms with van der Waals surface area (Å²) in [6, 6.07) is 7.35. The quantitative estimate of drug-likeness (QED) is 0.515. The molecular weight excluding hydrogens is 450 g/mol. The average molecular weight is 490 g/mol. The van der Waals surface area contributed by atoms with Gasteiger partial charge >= 0.3 is 12.1 Å². The van der Waals surface area contributed by atoms with E-state index in [4.69, 9.17) is 4.74 Å². The smallest absolute Gasteiger partial charge is 0.410 e. The number of benzene rings is 1. The zero-order valence-corrected chi connectivity index (χ0v) is 21.6. The summed E-state index contributed by atoms with van der Waals surface area (Å²) in [5.74, 6) is -1.91. The Kier molecular flexibility index (Phi) is 9.29. The molecule has 9 nitrogen and oxygen atoms in total. The summed E-state index contributed by atoms with van der Waals surface area (Å²) in [6.07, 6.45) is 0.594. The fraction of sp³-hybridized carbons (Fsp3) is 0.615. The third-order valence-electron chi connectivity index (χ3n) is 6.09. The molecule has 1 heterocycles. The number of amides is 3. The van der Waals surface area contributed by atoms with Crippen molar-refractivity contribution < 1.29 is 29.0 Å². The van der Waals surface area contributed by atoms with E-state index in [1.165, 1.54) is 6.92 Å². The number of ether oxygens (including phenoxy) is 1. The first-order chi connectivity index (χ1) is 16.2. The van der Waals surface area contributed by atoms with E-state index in [9.17, 15) is 24.3 Å². The molecule has 9 heteroatoms. The molecule has 1 aliphatic heterocycles. The highest BCUT2D eigenvalue weighted by atomic mass is 16.6. The van der Waals surface area contributed by atoms with Crippen molar-refractivity contribution in [3.05, 3.63) is 35.9 Å². The minimum absolute atomic E-state index is 0.0813. The molecular formula is C26H39N3O6. The molecule has 1 saturated heterocycles. The van der Waals surface area contributed by atoms with Crippen LogP contribution in [-0.2, 0) is 24.5 Å². The molecule has 0 unspecified atom stereocenters. The van der Waals surface area contributed by atoms with E-state index < -0.39 is 41.1 Å². The van der Waals surface area contributed by atoms with Crippen LogP contribution in [0.4, 0.5) is 4.79 Å². The largest absolute Gasteiger partial charge is 0.480 e. The molecule has 3 amide bonds. The predicted octanol–water partition coefficient (Wildman–Crippen LogP) is 3.08. The lowest BCUT2D eigenvalue weighted by atomic mass is 9.72. The number of carbonyl (C=O) groups is 4. The number of nitrogens with zero attached hydrogens (tertiary/aromatic N) is 1. The number of likely N-dealkylation sites (tertiary alicyclic amines) is 1. The molecule has 1 fully saturated rings. The van der Waals surface area contributed by atoms with E-state index in [1.54, 1.807) is 25.7 Å². The van der Waals surface area contributed by atoms with E-state index in [2.05, 4.69) is 10.6 Å². The van der Waals surface area contributed by atoms with Crippen LogP contribution >= 0.6 is 0 Å². The third-order valence-corrected chi connectivity index (χ3v) is 6.09. The Morgan fingerprint density at radius 2 is 1.60 bits per heavy atom. The maximum atomic E-state index is 13.6. The van der Waals surface area contributed by atoms with Gasteiger partial charge in [0.05, 0.1) is 5.41 Å². The van der Waals surface area contributed by atoms with Crippen LogP contribution in [0.1, 0.15) is 66.4 Å². The molecule has 0 saturated carbocycles. The van der Waals surface area contributed by atoms with Crippen LogP contribution in [-0.4, -0.2) is 64.7 Å². The van der Waals surface area contributed by atoms with E-state index in [-0.39, 0.29) is 18.2 Å². The van der Waals surface area contributed by atoms with Crippen LogP contribution < -0.4 is 10.6 Å². The first-order valence-corrected chi connectivity index (χ1v) is 12.1. The zero-order chi connectivity index (χ0) is 26.4. The van der Waals surface area contributed by atoms with Crippen molar-refractivity contribution in [1.29, 1.82) is 0 Å². The van der Waals surface area contributed by atoms with Crippen LogP contribution in [0.2, 0.25) is 0 Å². The van der Waals surface area contributed by atoms with Gasteiger partial charge < -0.3 is 25.4 Å². The Morgan fingerprint density at radius 3 is 2.09 bits per heavy atom. The topological polar surface area (TPSA) is 125 Å². The van der Waals surface area contributed by atoms with Gasteiger partial charge in [-0.15, -0.1) is 0 Å². The van der Waals surface area contributed by atoms with Gasteiger partial charge in [0, 0.05) is 13.1 Å². The van der Waals surface area contributed by atoms with Crippen molar-refractivity contribution >= 4 is 23.9 Å². The highest BCUT2D eigenvalue weighted by molar-refractivity contribution is 5.94. The molecule has 2 rings (SSSR count). The van der Waals surface area contributed by atoms with E-state index >= 15 is 0 Å². The molecule has 0 spiro atoms. The number of carboxylic acids is 1. The number of carbonyl (C=O) groups excluding carboxylic acids is 3. The first kappa shape index (κ1) is 28.1. The summed E-state index contributed by atoms with van der Waals surface area (Å²) in [7, 11) is 0. The summed E-state index contributed by atoms with van der Waals surface area (Å²) in [5, 5.41) is 14.7. The average Bonchev–Trinajstić information content (AvgIpc) is 2.77. The number of rotatable bonds is 8. The minimum atomic E-state index is -1.11. The summed E-state index contributed by atoms with van der Waals surface area (Å²) in [4.78, 5) is 52.0. The number of hydrogen-bond acceptors (Lipinski definition) is 5. The molecule has 0 radical (unpaired) electrons. The Morgan fingerprint density at radius 1 is 1.03 bits per heavy atom. The fourth-order valence-electron chi connectivity index (χ4n) is 4.19. The monoisotopic (exact) mass is 489 g/mol. The van der Waals surface area contributed by atoms with Gasteiger partial charge in [-0.2, -0.15) is 0 Å². The number of carboxylic acid groups (broad SMARTS) is 1. The molecule has 0 aliphatic carbocycles. The Balaban J connectivity index is 2.16. The molecule has 3 N–H and O–H groups in total. The summed E-state index contributed by atoms with van der Waals surface area (Å²) >= 11 is 0. The van der Waals surface area contributed by atoms with Crippen molar-refractivity contribution in [2.45, 2.75) is 83.9 Å². The number of nitrogens with one attached hydrogen (secondary N) is 2. The molecule has 0 aromatic heterocycles. The number of piperidine rings is 1. The van der Waals surface area contributed by atoms with E-state index in [1.807, 2.05) is 44.2 Å². The second kappa shape index (κ2) is 11.6. The molecule has 2 atom stereocenters. The molecule has 1 aliphatic rings. The van der Waals surface area contributed by atoms with Gasteiger partial charge in [-0.25, -0.2) is 9.59 Å². The number of hydrogen-bond donors (Lipinski definition) is 3. The summed E-state index contributed by atoms with van der Waals surface area (Å²) < 4.78 is 5.48. The second-order valence-corrected chi connectivity index (χ2v) is 10.6. The van der Waals surface area contributed by atoms with Gasteiger partial charge in [-0.05, 0) is 58.4 Å². The molecule has 194 valence electrons. The predicted molar refractivity (Wildman–Crippen MR) is 132 cm³/mol. The lowest BCUT2D eigenvalue weighted by Crippen LogP contribution is -2.57. The van der Waals surface area contributed by atoms with Gasteiger partial charge in [-0.1, -0.05) is 44.2 Å². The first-order valence-electron chi connectivity index (χ1n) is 12.1. The highest BCUT2D eigenvalue weighted by Gasteiger charge is 2.45. The summed E-state index contributed by atoms with van der Waals surface area (Å²) in [6.45, 7) is 11.4. The Hall–Kier alpha value is -3.10. The van der Waals surface area contributed by atoms with E-state index in [0.717, 1.165) is 5.56 Å². The minimum Gasteiger partial charge on any atom is -0.480 e. The van der Waals surface area contributed by atoms with Gasteiger partial charge in [0.1, 0.15) is 17.7 Å². The molecule has 1 aromatic rings. The highest BCUT2D eigenvalue weighted by Crippen LogP contribution is 2.36. The zero-order valence-electron chi connectivity index (χ0n) is 21.6.